The lowest BCUT2D eigenvalue weighted by molar-refractivity contribution is -0.146. The van der Waals surface area contributed by atoms with Gasteiger partial charge in [-0.25, -0.2) is 4.79 Å². The third-order valence-electron chi connectivity index (χ3n) is 0.662. The van der Waals surface area contributed by atoms with Crippen LogP contribution in [0, 0.1) is 11.5 Å². The molecule has 0 rings (SSSR count). The van der Waals surface area contributed by atoms with Crippen LogP contribution < -0.4 is 0 Å². The Morgan fingerprint density at radius 2 is 2.40 bits per heavy atom. The summed E-state index contributed by atoms with van der Waals surface area (Å²) in [5, 5.41) is 7.83. The topological polar surface area (TPSA) is 59.3 Å². The smallest absolute Gasteiger partial charge is 0.336 e. The Kier molecular flexibility index (Phi) is 3.73. The predicted octanol–water partition coefficient (Wildman–Crippen LogP) is 0.561. The van der Waals surface area contributed by atoms with Crippen LogP contribution in [0.25, 0.3) is 0 Å². The molecular formula is C6H7NO3. The Hall–Kier alpha value is -1.50. The normalized spacial score (nSPS) is 7.60. The number of carbonyl (C=O) groups excluding carboxylic acids is 1. The molecule has 0 atom stereocenters. The molecule has 4 nitrogen and oxygen atoms in total. The fourth-order valence-corrected chi connectivity index (χ4v) is 0.233. The second-order valence-corrected chi connectivity index (χ2v) is 1.57. The first kappa shape index (κ1) is 8.50. The van der Waals surface area contributed by atoms with Gasteiger partial charge in [-0.05, 0) is 6.92 Å². The minimum absolute atomic E-state index is 0.279. The first-order valence-corrected chi connectivity index (χ1v) is 2.52. The van der Waals surface area contributed by atoms with Gasteiger partial charge in [-0.3, -0.25) is 0 Å². The van der Waals surface area contributed by atoms with Gasteiger partial charge in [0, 0.05) is 5.57 Å². The van der Waals surface area contributed by atoms with Crippen molar-refractivity contribution in [3.8, 4) is 6.26 Å². The minimum atomic E-state index is -0.560. The average Bonchev–Trinajstić information content (AvgIpc) is 1.88. The fourth-order valence-electron chi connectivity index (χ4n) is 0.233. The maximum Gasteiger partial charge on any atom is 0.336 e. The Morgan fingerprint density at radius 3 is 2.80 bits per heavy atom. The van der Waals surface area contributed by atoms with Crippen LogP contribution >= 0.6 is 0 Å². The van der Waals surface area contributed by atoms with Crippen molar-refractivity contribution in [1.29, 1.82) is 5.26 Å². The van der Waals surface area contributed by atoms with Gasteiger partial charge < -0.3 is 9.47 Å². The van der Waals surface area contributed by atoms with E-state index in [0.717, 1.165) is 0 Å². The number of nitrogens with zero attached hydrogens (tertiary/aromatic N) is 1. The predicted molar refractivity (Wildman–Crippen MR) is 32.5 cm³/mol. The van der Waals surface area contributed by atoms with Gasteiger partial charge in [-0.2, -0.15) is 5.26 Å². The zero-order valence-corrected chi connectivity index (χ0v) is 5.59. The molecule has 0 aliphatic carbocycles. The maximum atomic E-state index is 10.5. The first-order chi connectivity index (χ1) is 4.68. The van der Waals surface area contributed by atoms with Gasteiger partial charge in [0.25, 0.3) is 6.26 Å². The minimum Gasteiger partial charge on any atom is -0.424 e. The highest BCUT2D eigenvalue weighted by Crippen LogP contribution is 1.90. The van der Waals surface area contributed by atoms with E-state index in [1.165, 1.54) is 13.2 Å². The Morgan fingerprint density at radius 1 is 1.80 bits per heavy atom. The van der Waals surface area contributed by atoms with E-state index in [1.807, 2.05) is 0 Å². The molecule has 0 aliphatic heterocycles. The summed E-state index contributed by atoms with van der Waals surface area (Å²) in [5.41, 5.74) is 0.279. The number of ether oxygens (including phenoxy) is 2. The third-order valence-corrected chi connectivity index (χ3v) is 0.662. The van der Waals surface area contributed by atoms with E-state index in [9.17, 15) is 4.79 Å². The van der Waals surface area contributed by atoms with Crippen molar-refractivity contribution in [2.45, 2.75) is 6.92 Å². The quantitative estimate of drug-likeness (QED) is 0.189. The Labute approximate surface area is 58.7 Å². The molecule has 0 bridgehead atoms. The molecule has 0 saturated heterocycles. The molecule has 0 heterocycles. The molecule has 0 aromatic rings. The number of carbonyl (C=O) groups is 1. The highest BCUT2D eigenvalue weighted by Gasteiger charge is 2.00. The Balaban J connectivity index is 3.43. The van der Waals surface area contributed by atoms with Gasteiger partial charge >= 0.3 is 5.97 Å². The number of nitriles is 1. The molecule has 0 spiro atoms. The fraction of sp³-hybridized carbons (Fsp3) is 0.333. The van der Waals surface area contributed by atoms with Gasteiger partial charge in [0.1, 0.15) is 0 Å². The summed E-state index contributed by atoms with van der Waals surface area (Å²) in [6, 6.07) is 0. The molecule has 0 aromatic heterocycles. The highest BCUT2D eigenvalue weighted by atomic mass is 16.7. The van der Waals surface area contributed by atoms with Crippen LogP contribution in [0.15, 0.2) is 12.2 Å². The van der Waals surface area contributed by atoms with Gasteiger partial charge in [-0.15, -0.1) is 0 Å². The van der Waals surface area contributed by atoms with Crippen molar-refractivity contribution < 1.29 is 14.3 Å². The van der Waals surface area contributed by atoms with Crippen molar-refractivity contribution in [2.75, 3.05) is 6.79 Å². The molecule has 0 radical (unpaired) electrons. The van der Waals surface area contributed by atoms with E-state index in [4.69, 9.17) is 5.26 Å². The van der Waals surface area contributed by atoms with E-state index in [2.05, 4.69) is 16.1 Å². The second-order valence-electron chi connectivity index (χ2n) is 1.57. The van der Waals surface area contributed by atoms with E-state index in [-0.39, 0.29) is 12.4 Å². The standard InChI is InChI=1S/C6H7NO3/c1-5(2)6(8)10-4-9-3-7/h1,4H2,2H3. The summed E-state index contributed by atoms with van der Waals surface area (Å²) < 4.78 is 8.44. The van der Waals surface area contributed by atoms with Crippen molar-refractivity contribution in [2.24, 2.45) is 0 Å². The summed E-state index contributed by atoms with van der Waals surface area (Å²) >= 11 is 0. The van der Waals surface area contributed by atoms with Crippen molar-refractivity contribution in [3.63, 3.8) is 0 Å². The van der Waals surface area contributed by atoms with Crippen LogP contribution in [0.5, 0.6) is 0 Å². The maximum absolute atomic E-state index is 10.5. The molecule has 0 saturated carbocycles. The zero-order chi connectivity index (χ0) is 7.98. The van der Waals surface area contributed by atoms with Gasteiger partial charge in [0.05, 0.1) is 0 Å². The van der Waals surface area contributed by atoms with Crippen molar-refractivity contribution >= 4 is 5.97 Å². The molecule has 0 N–H and O–H groups in total. The van der Waals surface area contributed by atoms with Crippen LogP contribution in [0.2, 0.25) is 0 Å². The lowest BCUT2D eigenvalue weighted by Crippen LogP contribution is -2.06. The molecule has 0 unspecified atom stereocenters. The summed E-state index contributed by atoms with van der Waals surface area (Å²) in [6.07, 6.45) is 1.36. The van der Waals surface area contributed by atoms with Gasteiger partial charge in [-0.1, -0.05) is 6.58 Å². The summed E-state index contributed by atoms with van der Waals surface area (Å²) in [6.45, 7) is 4.48. The van der Waals surface area contributed by atoms with E-state index in [1.54, 1.807) is 0 Å². The van der Waals surface area contributed by atoms with E-state index >= 15 is 0 Å². The van der Waals surface area contributed by atoms with Gasteiger partial charge in [0.2, 0.25) is 6.79 Å². The third kappa shape index (κ3) is 3.50. The summed E-state index contributed by atoms with van der Waals surface area (Å²) in [5.74, 6) is -0.560. The summed E-state index contributed by atoms with van der Waals surface area (Å²) in [4.78, 5) is 10.5. The molecule has 10 heavy (non-hydrogen) atoms. The molecule has 54 valence electrons. The largest absolute Gasteiger partial charge is 0.424 e. The van der Waals surface area contributed by atoms with Crippen LogP contribution in [-0.4, -0.2) is 12.8 Å². The summed E-state index contributed by atoms with van der Waals surface area (Å²) in [7, 11) is 0. The first-order valence-electron chi connectivity index (χ1n) is 2.52. The van der Waals surface area contributed by atoms with Crippen molar-refractivity contribution in [1.82, 2.24) is 0 Å². The van der Waals surface area contributed by atoms with Crippen LogP contribution in [0.4, 0.5) is 0 Å². The molecule has 4 heteroatoms. The van der Waals surface area contributed by atoms with E-state index < -0.39 is 5.97 Å². The number of esters is 1. The SMILES string of the molecule is C=C(C)C(=O)OCOC#N. The average molecular weight is 141 g/mol. The number of hydrogen-bond donors (Lipinski definition) is 0. The molecule has 0 amide bonds. The monoisotopic (exact) mass is 141 g/mol. The van der Waals surface area contributed by atoms with Crippen molar-refractivity contribution in [3.05, 3.63) is 12.2 Å². The number of hydrogen-bond acceptors (Lipinski definition) is 4. The van der Waals surface area contributed by atoms with Crippen LogP contribution in [-0.2, 0) is 14.3 Å². The second kappa shape index (κ2) is 4.39. The van der Waals surface area contributed by atoms with E-state index in [0.29, 0.717) is 0 Å². The Bertz CT molecular complexity index is 180. The molecule has 0 aromatic carbocycles. The number of rotatable bonds is 3. The highest BCUT2D eigenvalue weighted by molar-refractivity contribution is 5.86. The lowest BCUT2D eigenvalue weighted by atomic mass is 10.4. The lowest BCUT2D eigenvalue weighted by Gasteiger charge is -1.98. The van der Waals surface area contributed by atoms with Crippen LogP contribution in [0.3, 0.4) is 0 Å². The zero-order valence-electron chi connectivity index (χ0n) is 5.59. The van der Waals surface area contributed by atoms with Crippen LogP contribution in [0.1, 0.15) is 6.92 Å². The van der Waals surface area contributed by atoms with Gasteiger partial charge in [0.15, 0.2) is 0 Å². The molecule has 0 aliphatic rings. The molecule has 0 fully saturated rings. The molecular weight excluding hydrogens is 134 g/mol.